The molecular weight excluding hydrogens is 294 g/mol. The Morgan fingerprint density at radius 3 is 1.79 bits per heavy atom. The fourth-order valence-corrected chi connectivity index (χ4v) is 4.49. The Morgan fingerprint density at radius 2 is 1.17 bits per heavy atom. The van der Waals surface area contributed by atoms with Crippen LogP contribution in [0.2, 0.25) is 0 Å². The van der Waals surface area contributed by atoms with E-state index >= 15 is 0 Å². The molecule has 0 bridgehead atoms. The lowest BCUT2D eigenvalue weighted by Crippen LogP contribution is -1.86. The first-order valence-electron chi connectivity index (χ1n) is 8.04. The zero-order valence-electron chi connectivity index (χ0n) is 12.7. The van der Waals surface area contributed by atoms with Crippen molar-refractivity contribution in [2.75, 3.05) is 0 Å². The quantitative estimate of drug-likeness (QED) is 0.150. The zero-order valence-corrected chi connectivity index (χ0v) is 12.7. The van der Waals surface area contributed by atoms with Crippen LogP contribution in [0.25, 0.3) is 64.3 Å². The Bertz CT molecular complexity index is 1380. The molecule has 0 aliphatic rings. The maximum Gasteiger partial charge on any atom is 0.0517 e. The van der Waals surface area contributed by atoms with E-state index in [1.54, 1.807) is 0 Å². The monoisotopic (exact) mass is 305 g/mol. The highest BCUT2D eigenvalue weighted by Crippen LogP contribution is 2.48. The average Bonchev–Trinajstić information content (AvgIpc) is 3.00. The molecule has 0 spiro atoms. The van der Waals surface area contributed by atoms with Gasteiger partial charge in [-0.15, -0.1) is 0 Å². The summed E-state index contributed by atoms with van der Waals surface area (Å²) in [5.41, 5.74) is 9.82. The van der Waals surface area contributed by atoms with Crippen LogP contribution in [0.4, 0.5) is 0 Å². The molecule has 0 N–H and O–H groups in total. The van der Waals surface area contributed by atoms with Gasteiger partial charge >= 0.3 is 0 Å². The number of hydrogen-bond acceptors (Lipinski definition) is 1. The largest absolute Gasteiger partial charge is 0.0893 e. The molecule has 6 aromatic rings. The van der Waals surface area contributed by atoms with E-state index in [9.17, 15) is 0 Å². The van der Waals surface area contributed by atoms with E-state index in [4.69, 9.17) is 5.53 Å². The second-order valence-corrected chi connectivity index (χ2v) is 6.50. The van der Waals surface area contributed by atoms with Gasteiger partial charge in [0.05, 0.1) is 6.54 Å². The van der Waals surface area contributed by atoms with Crippen LogP contribution in [0.5, 0.6) is 0 Å². The minimum atomic E-state index is 0.388. The van der Waals surface area contributed by atoms with E-state index in [-0.39, 0.29) is 0 Å². The number of hydrogen-bond donors (Lipinski definition) is 0. The van der Waals surface area contributed by atoms with Gasteiger partial charge in [0.2, 0.25) is 0 Å². The minimum Gasteiger partial charge on any atom is -0.0893 e. The molecule has 0 heterocycles. The van der Waals surface area contributed by atoms with E-state index in [0.29, 0.717) is 6.54 Å². The Morgan fingerprint density at radius 1 is 0.667 bits per heavy atom. The molecule has 0 atom stereocenters. The lowest BCUT2D eigenvalue weighted by molar-refractivity contribution is 1.06. The summed E-state index contributed by atoms with van der Waals surface area (Å²) >= 11 is 0. The molecule has 24 heavy (non-hydrogen) atoms. The van der Waals surface area contributed by atoms with Crippen molar-refractivity contribution >= 4 is 53.9 Å². The lowest BCUT2D eigenvalue weighted by atomic mass is 9.95. The van der Waals surface area contributed by atoms with E-state index < -0.39 is 0 Å². The summed E-state index contributed by atoms with van der Waals surface area (Å²) in [6.07, 6.45) is 0. The van der Waals surface area contributed by atoms with Gasteiger partial charge in [-0.25, -0.2) is 0 Å². The second kappa shape index (κ2) is 3.97. The third kappa shape index (κ3) is 1.24. The number of azide groups is 1. The van der Waals surface area contributed by atoms with Gasteiger partial charge in [0.1, 0.15) is 0 Å². The third-order valence-corrected chi connectivity index (χ3v) is 5.41. The molecule has 0 aliphatic carbocycles. The Labute approximate surface area is 136 Å². The predicted molar refractivity (Wildman–Crippen MR) is 100 cm³/mol. The van der Waals surface area contributed by atoms with Crippen molar-refractivity contribution in [1.82, 2.24) is 0 Å². The molecule has 110 valence electrons. The van der Waals surface area contributed by atoms with E-state index in [2.05, 4.69) is 64.6 Å². The molecule has 3 heteroatoms. The van der Waals surface area contributed by atoms with E-state index in [0.717, 1.165) is 5.56 Å². The second-order valence-electron chi connectivity index (χ2n) is 6.50. The molecule has 0 aliphatic heterocycles. The van der Waals surface area contributed by atoms with Crippen LogP contribution in [0.15, 0.2) is 59.7 Å². The number of nitrogens with zero attached hydrogens (tertiary/aromatic N) is 3. The SMILES string of the molecule is [N-]=[N+]=NCc1cc2ccc3ccc4ccc5ccc1c1c5c4c3c21. The number of benzene rings is 5. The van der Waals surface area contributed by atoms with E-state index in [1.807, 2.05) is 0 Å². The number of rotatable bonds is 2. The first-order chi connectivity index (χ1) is 11.9. The molecule has 0 saturated heterocycles. The summed E-state index contributed by atoms with van der Waals surface area (Å²) in [5, 5.41) is 16.9. The van der Waals surface area contributed by atoms with Gasteiger partial charge in [-0.05, 0) is 65.0 Å². The summed E-state index contributed by atoms with van der Waals surface area (Å²) in [5.74, 6) is 0. The molecule has 0 radical (unpaired) electrons. The molecule has 0 aromatic heterocycles. The van der Waals surface area contributed by atoms with Crippen molar-refractivity contribution in [2.24, 2.45) is 5.11 Å². The molecule has 0 saturated carbocycles. The summed E-state index contributed by atoms with van der Waals surface area (Å²) < 4.78 is 0. The Balaban J connectivity index is 2.03. The van der Waals surface area contributed by atoms with Crippen LogP contribution in [-0.4, -0.2) is 0 Å². The molecule has 0 amide bonds. The standard InChI is InChI=1S/C21H11N3/c22-24-23-10-15-9-14-6-5-12-2-1-11-3-4-13-7-8-16(15)21-19(13)17(11)18(12)20(14)21/h1-9H,10H2. The molecule has 6 rings (SSSR count). The molecule has 6 aromatic carbocycles. The first-order valence-corrected chi connectivity index (χ1v) is 8.04. The Hall–Kier alpha value is -3.29. The topological polar surface area (TPSA) is 48.8 Å². The maximum atomic E-state index is 8.72. The maximum absolute atomic E-state index is 8.72. The first kappa shape index (κ1) is 12.2. The highest BCUT2D eigenvalue weighted by Gasteiger charge is 2.20. The van der Waals surface area contributed by atoms with Gasteiger partial charge in [0.25, 0.3) is 0 Å². The zero-order chi connectivity index (χ0) is 15.8. The average molecular weight is 305 g/mol. The molecule has 0 fully saturated rings. The third-order valence-electron chi connectivity index (χ3n) is 5.41. The van der Waals surface area contributed by atoms with Gasteiger partial charge in [-0.1, -0.05) is 59.7 Å². The van der Waals surface area contributed by atoms with Crippen molar-refractivity contribution < 1.29 is 0 Å². The van der Waals surface area contributed by atoms with Gasteiger partial charge in [-0.3, -0.25) is 0 Å². The molecule has 0 unspecified atom stereocenters. The molecule has 3 nitrogen and oxygen atoms in total. The van der Waals surface area contributed by atoms with Gasteiger partial charge < -0.3 is 0 Å². The van der Waals surface area contributed by atoms with Crippen LogP contribution < -0.4 is 0 Å². The predicted octanol–water partition coefficient (Wildman–Crippen LogP) is 6.58. The van der Waals surface area contributed by atoms with Crippen LogP contribution in [0.3, 0.4) is 0 Å². The van der Waals surface area contributed by atoms with Crippen LogP contribution in [0, 0.1) is 0 Å². The van der Waals surface area contributed by atoms with Crippen molar-refractivity contribution in [1.29, 1.82) is 0 Å². The summed E-state index contributed by atoms with van der Waals surface area (Å²) in [7, 11) is 0. The highest BCUT2D eigenvalue weighted by atomic mass is 15.1. The minimum absolute atomic E-state index is 0.388. The fraction of sp³-hybridized carbons (Fsp3) is 0.0476. The van der Waals surface area contributed by atoms with Crippen molar-refractivity contribution in [3.63, 3.8) is 0 Å². The van der Waals surface area contributed by atoms with Crippen molar-refractivity contribution in [2.45, 2.75) is 6.54 Å². The normalized spacial score (nSPS) is 12.3. The van der Waals surface area contributed by atoms with Crippen LogP contribution in [0.1, 0.15) is 5.56 Å². The highest BCUT2D eigenvalue weighted by molar-refractivity contribution is 6.44. The van der Waals surface area contributed by atoms with Gasteiger partial charge in [-0.2, -0.15) is 0 Å². The summed E-state index contributed by atoms with van der Waals surface area (Å²) in [6, 6.07) is 19.8. The van der Waals surface area contributed by atoms with Gasteiger partial charge in [0, 0.05) is 4.91 Å². The van der Waals surface area contributed by atoms with Crippen molar-refractivity contribution in [3.8, 4) is 0 Å². The lowest BCUT2D eigenvalue weighted by Gasteiger charge is -2.09. The summed E-state index contributed by atoms with van der Waals surface area (Å²) in [6.45, 7) is 0.388. The Kier molecular flexibility index (Phi) is 2.01. The molecular formula is C21H11N3. The smallest absolute Gasteiger partial charge is 0.0517 e. The van der Waals surface area contributed by atoms with Crippen molar-refractivity contribution in [3.05, 3.63) is 70.6 Å². The van der Waals surface area contributed by atoms with Crippen LogP contribution in [-0.2, 0) is 6.54 Å². The van der Waals surface area contributed by atoms with E-state index in [1.165, 1.54) is 53.9 Å². The van der Waals surface area contributed by atoms with Crippen LogP contribution >= 0.6 is 0 Å². The summed E-state index contributed by atoms with van der Waals surface area (Å²) in [4.78, 5) is 2.94. The fourth-order valence-electron chi connectivity index (χ4n) is 4.49. The van der Waals surface area contributed by atoms with Gasteiger partial charge in [0.15, 0.2) is 0 Å².